The Labute approximate surface area is 101 Å². The summed E-state index contributed by atoms with van der Waals surface area (Å²) in [6, 6.07) is 6.16. The van der Waals surface area contributed by atoms with E-state index in [1.807, 2.05) is 30.5 Å². The van der Waals surface area contributed by atoms with Gasteiger partial charge in [-0.05, 0) is 38.5 Å². The molecule has 0 fully saturated rings. The largest absolute Gasteiger partial charge is 0.377 e. The van der Waals surface area contributed by atoms with Crippen molar-refractivity contribution in [3.05, 3.63) is 23.8 Å². The molecule has 1 unspecified atom stereocenters. The van der Waals surface area contributed by atoms with Crippen molar-refractivity contribution in [2.45, 2.75) is 33.4 Å². The molecule has 2 N–H and O–H groups in total. The Kier molecular flexibility index (Phi) is 3.33. The summed E-state index contributed by atoms with van der Waals surface area (Å²) in [6.07, 6.45) is 0.139. The van der Waals surface area contributed by atoms with Crippen molar-refractivity contribution in [3.63, 3.8) is 0 Å². The van der Waals surface area contributed by atoms with E-state index < -0.39 is 0 Å². The number of rotatable bonds is 4. The number of benzene rings is 1. The first-order chi connectivity index (χ1) is 8.11. The van der Waals surface area contributed by atoms with Gasteiger partial charge in [-0.25, -0.2) is 4.98 Å². The van der Waals surface area contributed by atoms with Crippen molar-refractivity contribution in [1.29, 1.82) is 0 Å². The van der Waals surface area contributed by atoms with Gasteiger partial charge in [-0.3, -0.25) is 0 Å². The fraction of sp³-hybridized carbons (Fsp3) is 0.462. The lowest BCUT2D eigenvalue weighted by Gasteiger charge is -2.14. The molecule has 0 saturated carbocycles. The molecule has 0 bridgehead atoms. The van der Waals surface area contributed by atoms with Crippen LogP contribution in [0, 0.1) is 6.92 Å². The Morgan fingerprint density at radius 1 is 1.47 bits per heavy atom. The molecule has 4 nitrogen and oxygen atoms in total. The van der Waals surface area contributed by atoms with E-state index in [2.05, 4.69) is 18.0 Å². The van der Waals surface area contributed by atoms with E-state index in [9.17, 15) is 0 Å². The maximum Gasteiger partial charge on any atom is 0.201 e. The molecule has 2 aromatic rings. The van der Waals surface area contributed by atoms with Crippen LogP contribution in [0.1, 0.15) is 19.4 Å². The van der Waals surface area contributed by atoms with Crippen LogP contribution in [0.15, 0.2) is 18.2 Å². The van der Waals surface area contributed by atoms with Gasteiger partial charge in [0.1, 0.15) is 0 Å². The summed E-state index contributed by atoms with van der Waals surface area (Å²) >= 11 is 0. The standard InChI is InChI=1S/C13H19N3O/c1-4-17-10(3)8-16-12-7-9(2)5-6-11(12)15-13(16)14/h5-7,10H,4,8H2,1-3H3,(H2,14,15). The molecule has 4 heteroatoms. The molecule has 0 aliphatic carbocycles. The van der Waals surface area contributed by atoms with Crippen molar-refractivity contribution in [1.82, 2.24) is 9.55 Å². The van der Waals surface area contributed by atoms with Gasteiger partial charge < -0.3 is 15.0 Å². The average Bonchev–Trinajstić information content (AvgIpc) is 2.56. The topological polar surface area (TPSA) is 53.1 Å². The Morgan fingerprint density at radius 3 is 2.94 bits per heavy atom. The minimum atomic E-state index is 0.139. The third-order valence-electron chi connectivity index (χ3n) is 2.82. The molecule has 1 aromatic heterocycles. The first-order valence-electron chi connectivity index (χ1n) is 5.95. The van der Waals surface area contributed by atoms with Gasteiger partial charge in [0.25, 0.3) is 0 Å². The molecule has 1 heterocycles. The molecule has 2 rings (SSSR count). The molecule has 1 atom stereocenters. The number of ether oxygens (including phenoxy) is 1. The molecule has 0 spiro atoms. The monoisotopic (exact) mass is 233 g/mol. The van der Waals surface area contributed by atoms with E-state index in [4.69, 9.17) is 10.5 Å². The third kappa shape index (κ3) is 2.42. The quantitative estimate of drug-likeness (QED) is 0.882. The minimum absolute atomic E-state index is 0.139. The van der Waals surface area contributed by atoms with Gasteiger partial charge in [0.15, 0.2) is 0 Å². The molecule has 17 heavy (non-hydrogen) atoms. The smallest absolute Gasteiger partial charge is 0.201 e. The Balaban J connectivity index is 2.38. The number of nitrogens with zero attached hydrogens (tertiary/aromatic N) is 2. The summed E-state index contributed by atoms with van der Waals surface area (Å²) in [5, 5.41) is 0. The molecular formula is C13H19N3O. The summed E-state index contributed by atoms with van der Waals surface area (Å²) in [5.74, 6) is 0.553. The third-order valence-corrected chi connectivity index (χ3v) is 2.82. The van der Waals surface area contributed by atoms with Crippen LogP contribution in [0.25, 0.3) is 11.0 Å². The molecule has 0 aliphatic rings. The van der Waals surface area contributed by atoms with E-state index in [0.29, 0.717) is 12.6 Å². The second-order valence-electron chi connectivity index (χ2n) is 4.34. The number of hydrogen-bond acceptors (Lipinski definition) is 3. The van der Waals surface area contributed by atoms with Crippen LogP contribution in [0.5, 0.6) is 0 Å². The highest BCUT2D eigenvalue weighted by molar-refractivity contribution is 5.79. The molecule has 92 valence electrons. The van der Waals surface area contributed by atoms with Crippen LogP contribution in [0.4, 0.5) is 5.95 Å². The maximum atomic E-state index is 5.94. The lowest BCUT2D eigenvalue weighted by atomic mass is 10.2. The number of imidazole rings is 1. The van der Waals surface area contributed by atoms with Gasteiger partial charge in [0.05, 0.1) is 23.7 Å². The number of nitrogens with two attached hydrogens (primary N) is 1. The molecule has 0 radical (unpaired) electrons. The van der Waals surface area contributed by atoms with Gasteiger partial charge in [-0.15, -0.1) is 0 Å². The van der Waals surface area contributed by atoms with E-state index in [1.54, 1.807) is 0 Å². The summed E-state index contributed by atoms with van der Waals surface area (Å²) in [4.78, 5) is 4.35. The van der Waals surface area contributed by atoms with E-state index in [-0.39, 0.29) is 6.10 Å². The Hall–Kier alpha value is -1.55. The van der Waals surface area contributed by atoms with E-state index in [1.165, 1.54) is 5.56 Å². The van der Waals surface area contributed by atoms with Gasteiger partial charge >= 0.3 is 0 Å². The Morgan fingerprint density at radius 2 is 2.24 bits per heavy atom. The average molecular weight is 233 g/mol. The highest BCUT2D eigenvalue weighted by Crippen LogP contribution is 2.19. The number of hydrogen-bond donors (Lipinski definition) is 1. The lowest BCUT2D eigenvalue weighted by molar-refractivity contribution is 0.0652. The van der Waals surface area contributed by atoms with E-state index in [0.717, 1.165) is 17.6 Å². The number of nitrogen functional groups attached to an aromatic ring is 1. The van der Waals surface area contributed by atoms with Crippen LogP contribution in [-0.2, 0) is 11.3 Å². The van der Waals surface area contributed by atoms with Crippen LogP contribution in [-0.4, -0.2) is 22.3 Å². The molecular weight excluding hydrogens is 214 g/mol. The molecule has 0 aliphatic heterocycles. The van der Waals surface area contributed by atoms with Crippen molar-refractivity contribution in [2.75, 3.05) is 12.3 Å². The van der Waals surface area contributed by atoms with Crippen LogP contribution >= 0.6 is 0 Å². The number of anilines is 1. The first kappa shape index (κ1) is 11.9. The Bertz CT molecular complexity index is 519. The minimum Gasteiger partial charge on any atom is -0.377 e. The SMILES string of the molecule is CCOC(C)Cn1c(N)nc2ccc(C)cc21. The van der Waals surface area contributed by atoms with Crippen LogP contribution < -0.4 is 5.73 Å². The van der Waals surface area contributed by atoms with E-state index >= 15 is 0 Å². The highest BCUT2D eigenvalue weighted by Gasteiger charge is 2.11. The van der Waals surface area contributed by atoms with Crippen molar-refractivity contribution in [2.24, 2.45) is 0 Å². The first-order valence-corrected chi connectivity index (χ1v) is 5.95. The number of aromatic nitrogens is 2. The van der Waals surface area contributed by atoms with Crippen LogP contribution in [0.3, 0.4) is 0 Å². The van der Waals surface area contributed by atoms with Crippen molar-refractivity contribution < 1.29 is 4.74 Å². The number of aryl methyl sites for hydroxylation is 1. The fourth-order valence-corrected chi connectivity index (χ4v) is 2.04. The fourth-order valence-electron chi connectivity index (χ4n) is 2.04. The summed E-state index contributed by atoms with van der Waals surface area (Å²) in [6.45, 7) is 7.56. The predicted octanol–water partition coefficient (Wildman–Crippen LogP) is 2.35. The molecule has 1 aromatic carbocycles. The molecule has 0 amide bonds. The summed E-state index contributed by atoms with van der Waals surface area (Å²) < 4.78 is 7.56. The maximum absolute atomic E-state index is 5.94. The van der Waals surface area contributed by atoms with Gasteiger partial charge in [-0.2, -0.15) is 0 Å². The molecule has 0 saturated heterocycles. The summed E-state index contributed by atoms with van der Waals surface area (Å²) in [7, 11) is 0. The zero-order chi connectivity index (χ0) is 12.4. The second kappa shape index (κ2) is 4.75. The zero-order valence-corrected chi connectivity index (χ0v) is 10.6. The van der Waals surface area contributed by atoms with Gasteiger partial charge in [-0.1, -0.05) is 6.07 Å². The van der Waals surface area contributed by atoms with Crippen LogP contribution in [0.2, 0.25) is 0 Å². The van der Waals surface area contributed by atoms with Gasteiger partial charge in [0, 0.05) is 6.61 Å². The predicted molar refractivity (Wildman–Crippen MR) is 70.0 cm³/mol. The van der Waals surface area contributed by atoms with Crippen molar-refractivity contribution >= 4 is 17.0 Å². The zero-order valence-electron chi connectivity index (χ0n) is 10.6. The summed E-state index contributed by atoms with van der Waals surface area (Å²) in [5.41, 5.74) is 9.17. The highest BCUT2D eigenvalue weighted by atomic mass is 16.5. The van der Waals surface area contributed by atoms with Crippen molar-refractivity contribution in [3.8, 4) is 0 Å². The normalized spacial score (nSPS) is 13.1. The number of fused-ring (bicyclic) bond motifs is 1. The lowest BCUT2D eigenvalue weighted by Crippen LogP contribution is -2.17. The second-order valence-corrected chi connectivity index (χ2v) is 4.34. The van der Waals surface area contributed by atoms with Gasteiger partial charge in [0.2, 0.25) is 5.95 Å².